The van der Waals surface area contributed by atoms with E-state index in [-0.39, 0.29) is 11.8 Å². The molecule has 1 atom stereocenters. The molecular weight excluding hydrogens is 290 g/mol. The molecule has 2 fully saturated rings. The lowest BCUT2D eigenvalue weighted by Crippen LogP contribution is -2.59. The molecule has 2 aromatic carbocycles. The molecule has 2 aliphatic rings. The van der Waals surface area contributed by atoms with Crippen molar-refractivity contribution in [2.24, 2.45) is 0 Å². The van der Waals surface area contributed by atoms with E-state index in [9.17, 15) is 0 Å². The Kier molecular flexibility index (Phi) is 4.04. The minimum atomic E-state index is -0.263. The molecule has 0 amide bonds. The summed E-state index contributed by atoms with van der Waals surface area (Å²) in [5.41, 5.74) is 1.03. The lowest BCUT2D eigenvalue weighted by molar-refractivity contribution is -0.255. The van der Waals surface area contributed by atoms with Crippen LogP contribution in [0.3, 0.4) is 0 Å². The topological polar surface area (TPSA) is 30.9 Å². The highest BCUT2D eigenvalue weighted by Crippen LogP contribution is 2.35. The van der Waals surface area contributed by atoms with Gasteiger partial charge in [0, 0.05) is 13.1 Å². The number of para-hydroxylation sites is 1. The maximum Gasteiger partial charge on any atom is 0.169 e. The first-order chi connectivity index (χ1) is 11.3. The van der Waals surface area contributed by atoms with Gasteiger partial charge >= 0.3 is 0 Å². The minimum absolute atomic E-state index is 0.0721. The van der Waals surface area contributed by atoms with Crippen molar-refractivity contribution < 1.29 is 14.2 Å². The van der Waals surface area contributed by atoms with E-state index >= 15 is 0 Å². The fourth-order valence-electron chi connectivity index (χ4n) is 3.17. The Labute approximate surface area is 136 Å². The quantitative estimate of drug-likeness (QED) is 0.849. The Bertz CT molecular complexity index is 628. The van der Waals surface area contributed by atoms with Gasteiger partial charge in [-0.3, -0.25) is 4.90 Å². The highest BCUT2D eigenvalue weighted by Gasteiger charge is 2.52. The van der Waals surface area contributed by atoms with Crippen LogP contribution in [-0.2, 0) is 16.0 Å². The van der Waals surface area contributed by atoms with Gasteiger partial charge in [0.1, 0.15) is 18.5 Å². The Morgan fingerprint density at radius 2 is 1.70 bits per heavy atom. The molecule has 0 saturated carbocycles. The fraction of sp³-hybridized carbons (Fsp3) is 0.368. The van der Waals surface area contributed by atoms with Gasteiger partial charge in [0.05, 0.1) is 13.2 Å². The Morgan fingerprint density at radius 1 is 1.00 bits per heavy atom. The maximum absolute atomic E-state index is 6.27. The zero-order chi connectivity index (χ0) is 15.5. The van der Waals surface area contributed by atoms with Crippen LogP contribution in [0, 0.1) is 0 Å². The summed E-state index contributed by atoms with van der Waals surface area (Å²) in [6.45, 7) is 3.59. The summed E-state index contributed by atoms with van der Waals surface area (Å²) in [6.07, 6.45) is 0.0721. The molecule has 0 aliphatic carbocycles. The second-order valence-corrected chi connectivity index (χ2v) is 6.17. The molecule has 4 nitrogen and oxygen atoms in total. The van der Waals surface area contributed by atoms with Crippen molar-refractivity contribution in [3.8, 4) is 5.75 Å². The van der Waals surface area contributed by atoms with Crippen molar-refractivity contribution in [2.45, 2.75) is 18.4 Å². The van der Waals surface area contributed by atoms with Crippen molar-refractivity contribution in [1.29, 1.82) is 0 Å². The number of benzene rings is 2. The third-order valence-electron chi connectivity index (χ3n) is 4.44. The minimum Gasteiger partial charge on any atom is -0.491 e. The summed E-state index contributed by atoms with van der Waals surface area (Å²) < 4.78 is 17.6. The molecule has 120 valence electrons. The molecule has 4 heteroatoms. The molecule has 23 heavy (non-hydrogen) atoms. The molecule has 4 rings (SSSR count). The molecule has 0 aromatic heterocycles. The average molecular weight is 311 g/mol. The van der Waals surface area contributed by atoms with Gasteiger partial charge in [-0.1, -0.05) is 48.5 Å². The summed E-state index contributed by atoms with van der Waals surface area (Å²) in [4.78, 5) is 2.38. The van der Waals surface area contributed by atoms with E-state index < -0.39 is 0 Å². The lowest BCUT2D eigenvalue weighted by Gasteiger charge is -2.43. The van der Waals surface area contributed by atoms with Gasteiger partial charge in [-0.2, -0.15) is 0 Å². The first kappa shape index (κ1) is 14.7. The maximum atomic E-state index is 6.27. The van der Waals surface area contributed by atoms with Crippen molar-refractivity contribution in [3.05, 3.63) is 66.2 Å². The largest absolute Gasteiger partial charge is 0.491 e. The molecule has 0 N–H and O–H groups in total. The molecular formula is C19H21NO3. The highest BCUT2D eigenvalue weighted by molar-refractivity contribution is 5.21. The van der Waals surface area contributed by atoms with Gasteiger partial charge in [-0.15, -0.1) is 0 Å². The Balaban J connectivity index is 1.40. The van der Waals surface area contributed by atoms with Crippen molar-refractivity contribution >= 4 is 0 Å². The van der Waals surface area contributed by atoms with Gasteiger partial charge < -0.3 is 14.2 Å². The van der Waals surface area contributed by atoms with Crippen LogP contribution in [0.1, 0.15) is 5.56 Å². The van der Waals surface area contributed by atoms with E-state index in [1.165, 1.54) is 5.56 Å². The smallest absolute Gasteiger partial charge is 0.169 e. The van der Waals surface area contributed by atoms with Gasteiger partial charge in [-0.25, -0.2) is 0 Å². The number of ether oxygens (including phenoxy) is 3. The molecule has 2 heterocycles. The van der Waals surface area contributed by atoms with Crippen LogP contribution in [0.5, 0.6) is 5.75 Å². The molecule has 2 saturated heterocycles. The standard InChI is InChI=1S/C19H21NO3/c1-3-7-16(8-4-1)11-20-12-18(23-19(20)14-21-15-19)13-22-17-9-5-2-6-10-17/h1-10,18H,11-15H2/t18-/m0/s1. The summed E-state index contributed by atoms with van der Waals surface area (Å²) >= 11 is 0. The molecule has 0 unspecified atom stereocenters. The normalized spacial score (nSPS) is 22.9. The first-order valence-corrected chi connectivity index (χ1v) is 8.06. The van der Waals surface area contributed by atoms with Crippen LogP contribution < -0.4 is 4.74 Å². The van der Waals surface area contributed by atoms with Crippen LogP contribution >= 0.6 is 0 Å². The SMILES string of the molecule is c1ccc(CN2C[C@@H](COc3ccccc3)OC23COC3)cc1. The monoisotopic (exact) mass is 311 g/mol. The van der Waals surface area contributed by atoms with E-state index in [1.54, 1.807) is 0 Å². The Morgan fingerprint density at radius 3 is 2.35 bits per heavy atom. The van der Waals surface area contributed by atoms with Gasteiger partial charge in [0.15, 0.2) is 5.72 Å². The zero-order valence-corrected chi connectivity index (χ0v) is 13.1. The molecule has 2 aliphatic heterocycles. The molecule has 0 radical (unpaired) electrons. The van der Waals surface area contributed by atoms with Crippen LogP contribution in [-0.4, -0.2) is 43.1 Å². The van der Waals surface area contributed by atoms with Crippen LogP contribution in [0.4, 0.5) is 0 Å². The van der Waals surface area contributed by atoms with Gasteiger partial charge in [0.25, 0.3) is 0 Å². The average Bonchev–Trinajstić information content (AvgIpc) is 2.94. The second kappa shape index (κ2) is 6.32. The van der Waals surface area contributed by atoms with E-state index in [4.69, 9.17) is 14.2 Å². The number of hydrogen-bond acceptors (Lipinski definition) is 4. The van der Waals surface area contributed by atoms with Crippen LogP contribution in [0.15, 0.2) is 60.7 Å². The third kappa shape index (κ3) is 3.11. The van der Waals surface area contributed by atoms with Gasteiger partial charge in [-0.05, 0) is 17.7 Å². The van der Waals surface area contributed by atoms with Crippen molar-refractivity contribution in [3.63, 3.8) is 0 Å². The van der Waals surface area contributed by atoms with Gasteiger partial charge in [0.2, 0.25) is 0 Å². The summed E-state index contributed by atoms with van der Waals surface area (Å²) in [5, 5.41) is 0. The lowest BCUT2D eigenvalue weighted by atomic mass is 10.1. The molecule has 1 spiro atoms. The highest BCUT2D eigenvalue weighted by atomic mass is 16.6. The van der Waals surface area contributed by atoms with E-state index in [0.717, 1.165) is 18.8 Å². The third-order valence-corrected chi connectivity index (χ3v) is 4.44. The van der Waals surface area contributed by atoms with Crippen LogP contribution in [0.2, 0.25) is 0 Å². The zero-order valence-electron chi connectivity index (χ0n) is 13.1. The molecule has 2 aromatic rings. The van der Waals surface area contributed by atoms with E-state index in [2.05, 4.69) is 29.2 Å². The first-order valence-electron chi connectivity index (χ1n) is 8.06. The fourth-order valence-corrected chi connectivity index (χ4v) is 3.17. The predicted octanol–water partition coefficient (Wildman–Crippen LogP) is 2.69. The summed E-state index contributed by atoms with van der Waals surface area (Å²) in [6, 6.07) is 20.4. The van der Waals surface area contributed by atoms with Crippen molar-refractivity contribution in [1.82, 2.24) is 4.90 Å². The van der Waals surface area contributed by atoms with Crippen molar-refractivity contribution in [2.75, 3.05) is 26.4 Å². The second-order valence-electron chi connectivity index (χ2n) is 6.17. The van der Waals surface area contributed by atoms with E-state index in [1.807, 2.05) is 36.4 Å². The Hall–Kier alpha value is -1.88. The number of rotatable bonds is 5. The van der Waals surface area contributed by atoms with Crippen LogP contribution in [0.25, 0.3) is 0 Å². The molecule has 0 bridgehead atoms. The van der Waals surface area contributed by atoms with E-state index in [0.29, 0.717) is 19.8 Å². The number of nitrogens with zero attached hydrogens (tertiary/aromatic N) is 1. The summed E-state index contributed by atoms with van der Waals surface area (Å²) in [5.74, 6) is 0.886. The summed E-state index contributed by atoms with van der Waals surface area (Å²) in [7, 11) is 0. The number of hydrogen-bond donors (Lipinski definition) is 0. The predicted molar refractivity (Wildman–Crippen MR) is 87.2 cm³/mol.